The van der Waals surface area contributed by atoms with Gasteiger partial charge in [-0.15, -0.1) is 0 Å². The van der Waals surface area contributed by atoms with E-state index in [9.17, 15) is 17.6 Å². The molecular weight excluding hydrogens is 350 g/mol. The third kappa shape index (κ3) is 3.35. The topological polar surface area (TPSA) is 56.5 Å². The number of rotatable bonds is 4. The summed E-state index contributed by atoms with van der Waals surface area (Å²) >= 11 is 5.52. The summed E-state index contributed by atoms with van der Waals surface area (Å²) in [6.07, 6.45) is 1.40. The lowest BCUT2D eigenvalue weighted by atomic mass is 10.2. The Morgan fingerprint density at radius 3 is 2.42 bits per heavy atom. The number of aromatic nitrogens is 5. The summed E-state index contributed by atoms with van der Waals surface area (Å²) < 4.78 is 53.6. The van der Waals surface area contributed by atoms with Crippen molar-refractivity contribution in [2.75, 3.05) is 0 Å². The number of hydrogen-bond acceptors (Lipinski definition) is 4. The molecular formula is C14H8ClF4N5. The first-order valence-electron chi connectivity index (χ1n) is 6.57. The molecule has 0 aliphatic carbocycles. The molecule has 0 saturated heterocycles. The van der Waals surface area contributed by atoms with Gasteiger partial charge in [-0.05, 0) is 6.07 Å². The zero-order valence-electron chi connectivity index (χ0n) is 11.8. The van der Waals surface area contributed by atoms with E-state index >= 15 is 0 Å². The van der Waals surface area contributed by atoms with E-state index in [-0.39, 0.29) is 28.9 Å². The van der Waals surface area contributed by atoms with Gasteiger partial charge in [-0.1, -0.05) is 11.6 Å². The number of alkyl halides is 2. The second kappa shape index (κ2) is 6.52. The van der Waals surface area contributed by atoms with Crippen molar-refractivity contribution in [3.05, 3.63) is 59.2 Å². The molecule has 0 aliphatic rings. The van der Waals surface area contributed by atoms with Crippen molar-refractivity contribution in [2.45, 2.75) is 13.0 Å². The number of halogens is 5. The van der Waals surface area contributed by atoms with Gasteiger partial charge >= 0.3 is 0 Å². The fourth-order valence-electron chi connectivity index (χ4n) is 2.01. The van der Waals surface area contributed by atoms with Crippen LogP contribution in [0.2, 0.25) is 5.15 Å². The van der Waals surface area contributed by atoms with E-state index in [0.29, 0.717) is 0 Å². The van der Waals surface area contributed by atoms with Gasteiger partial charge < -0.3 is 4.57 Å². The first-order chi connectivity index (χ1) is 11.4. The van der Waals surface area contributed by atoms with E-state index in [1.165, 1.54) is 10.8 Å². The Bertz CT molecular complexity index is 866. The SMILES string of the molecule is Fc1cnc(Cn2cc(C(F)F)nc2-c2cnc(Cl)c(F)c2)nc1. The largest absolute Gasteiger partial charge is 0.323 e. The van der Waals surface area contributed by atoms with Crippen LogP contribution >= 0.6 is 11.6 Å². The summed E-state index contributed by atoms with van der Waals surface area (Å²) in [7, 11) is 0. The molecule has 124 valence electrons. The zero-order valence-corrected chi connectivity index (χ0v) is 12.6. The van der Waals surface area contributed by atoms with Crippen LogP contribution in [0.5, 0.6) is 0 Å². The van der Waals surface area contributed by atoms with Crippen molar-refractivity contribution < 1.29 is 17.6 Å². The molecule has 0 spiro atoms. The standard InChI is InChI=1S/C14H8ClF4N5/c15-12-9(17)1-7(2-22-12)14-23-10(13(18)19)5-24(14)6-11-20-3-8(16)4-21-11/h1-5,13H,6H2. The molecule has 0 aromatic carbocycles. The monoisotopic (exact) mass is 357 g/mol. The van der Waals surface area contributed by atoms with Gasteiger partial charge in [0.25, 0.3) is 6.43 Å². The normalized spacial score (nSPS) is 11.2. The summed E-state index contributed by atoms with van der Waals surface area (Å²) in [6, 6.07) is 1.04. The number of nitrogens with zero attached hydrogens (tertiary/aromatic N) is 5. The van der Waals surface area contributed by atoms with Crippen LogP contribution in [0.3, 0.4) is 0 Å². The highest BCUT2D eigenvalue weighted by molar-refractivity contribution is 6.29. The molecule has 0 amide bonds. The van der Waals surface area contributed by atoms with Crippen molar-refractivity contribution in [3.63, 3.8) is 0 Å². The maximum absolute atomic E-state index is 13.6. The molecule has 0 aliphatic heterocycles. The quantitative estimate of drug-likeness (QED) is 0.528. The van der Waals surface area contributed by atoms with Gasteiger partial charge in [0.15, 0.2) is 16.8 Å². The van der Waals surface area contributed by atoms with Crippen LogP contribution in [0.15, 0.2) is 30.9 Å². The third-order valence-electron chi connectivity index (χ3n) is 3.06. The Balaban J connectivity index is 2.03. The molecule has 3 rings (SSSR count). The average molecular weight is 358 g/mol. The van der Waals surface area contributed by atoms with E-state index in [1.54, 1.807) is 0 Å². The van der Waals surface area contributed by atoms with E-state index < -0.39 is 23.8 Å². The maximum Gasteiger partial charge on any atom is 0.281 e. The number of pyridine rings is 1. The van der Waals surface area contributed by atoms with Gasteiger partial charge in [0, 0.05) is 18.0 Å². The minimum atomic E-state index is -2.82. The molecule has 5 nitrogen and oxygen atoms in total. The minimum absolute atomic E-state index is 0.0429. The third-order valence-corrected chi connectivity index (χ3v) is 3.34. The Morgan fingerprint density at radius 1 is 1.08 bits per heavy atom. The van der Waals surface area contributed by atoms with Crippen LogP contribution in [-0.4, -0.2) is 24.5 Å². The Kier molecular flexibility index (Phi) is 4.43. The van der Waals surface area contributed by atoms with Gasteiger partial charge in [0.05, 0.1) is 18.9 Å². The number of imidazole rings is 1. The van der Waals surface area contributed by atoms with Crippen molar-refractivity contribution in [1.82, 2.24) is 24.5 Å². The fraction of sp³-hybridized carbons (Fsp3) is 0.143. The Morgan fingerprint density at radius 2 is 1.79 bits per heavy atom. The van der Waals surface area contributed by atoms with Gasteiger partial charge in [0.1, 0.15) is 17.3 Å². The van der Waals surface area contributed by atoms with Crippen molar-refractivity contribution in [1.29, 1.82) is 0 Å². The van der Waals surface area contributed by atoms with Gasteiger partial charge in [-0.3, -0.25) is 0 Å². The van der Waals surface area contributed by atoms with Gasteiger partial charge in [-0.25, -0.2) is 37.5 Å². The summed E-state index contributed by atoms with van der Waals surface area (Å²) in [5.41, 5.74) is -0.339. The summed E-state index contributed by atoms with van der Waals surface area (Å²) in [4.78, 5) is 15.0. The second-order valence-corrected chi connectivity index (χ2v) is 5.09. The predicted octanol–water partition coefficient (Wildman–Crippen LogP) is 3.65. The molecule has 24 heavy (non-hydrogen) atoms. The molecule has 0 radical (unpaired) electrons. The van der Waals surface area contributed by atoms with E-state index in [0.717, 1.165) is 24.7 Å². The molecule has 0 bridgehead atoms. The van der Waals surface area contributed by atoms with E-state index in [1.807, 2.05) is 0 Å². The molecule has 10 heteroatoms. The van der Waals surface area contributed by atoms with Crippen LogP contribution in [0.25, 0.3) is 11.4 Å². The highest BCUT2D eigenvalue weighted by atomic mass is 35.5. The minimum Gasteiger partial charge on any atom is -0.323 e. The Labute approximate surface area is 138 Å². The van der Waals surface area contributed by atoms with Crippen LogP contribution in [-0.2, 0) is 6.54 Å². The van der Waals surface area contributed by atoms with E-state index in [2.05, 4.69) is 19.9 Å². The predicted molar refractivity (Wildman–Crippen MR) is 76.5 cm³/mol. The number of hydrogen-bond donors (Lipinski definition) is 0. The summed E-state index contributed by atoms with van der Waals surface area (Å²) in [5, 5.41) is -0.340. The highest BCUT2D eigenvalue weighted by Gasteiger charge is 2.18. The average Bonchev–Trinajstić information content (AvgIpc) is 2.96. The van der Waals surface area contributed by atoms with E-state index in [4.69, 9.17) is 11.6 Å². The van der Waals surface area contributed by atoms with Gasteiger partial charge in [0.2, 0.25) is 0 Å². The van der Waals surface area contributed by atoms with Crippen molar-refractivity contribution >= 4 is 11.6 Å². The lowest BCUT2D eigenvalue weighted by molar-refractivity contribution is 0.146. The smallest absolute Gasteiger partial charge is 0.281 e. The molecule has 3 aromatic rings. The first-order valence-corrected chi connectivity index (χ1v) is 6.95. The molecule has 0 N–H and O–H groups in total. The van der Waals surface area contributed by atoms with Crippen LogP contribution in [0.4, 0.5) is 17.6 Å². The molecule has 0 saturated carbocycles. The fourth-order valence-corrected chi connectivity index (χ4v) is 2.11. The zero-order chi connectivity index (χ0) is 17.3. The highest BCUT2D eigenvalue weighted by Crippen LogP contribution is 2.26. The molecule has 3 heterocycles. The summed E-state index contributed by atoms with van der Waals surface area (Å²) in [5.74, 6) is -1.21. The van der Waals surface area contributed by atoms with Gasteiger partial charge in [-0.2, -0.15) is 0 Å². The lowest BCUT2D eigenvalue weighted by Gasteiger charge is -2.07. The first kappa shape index (κ1) is 16.3. The molecule has 0 unspecified atom stereocenters. The van der Waals surface area contributed by atoms with Crippen molar-refractivity contribution in [2.24, 2.45) is 0 Å². The van der Waals surface area contributed by atoms with Crippen LogP contribution < -0.4 is 0 Å². The second-order valence-electron chi connectivity index (χ2n) is 4.73. The van der Waals surface area contributed by atoms with Crippen LogP contribution in [0, 0.1) is 11.6 Å². The molecule has 0 fully saturated rings. The Hall–Kier alpha value is -2.55. The summed E-state index contributed by atoms with van der Waals surface area (Å²) in [6.45, 7) is -0.0560. The van der Waals surface area contributed by atoms with Crippen molar-refractivity contribution in [3.8, 4) is 11.4 Å². The van der Waals surface area contributed by atoms with Crippen LogP contribution in [0.1, 0.15) is 17.9 Å². The maximum atomic E-state index is 13.6. The molecule has 3 aromatic heterocycles. The lowest BCUT2D eigenvalue weighted by Crippen LogP contribution is -2.05. The molecule has 0 atom stereocenters.